The number of alkyl carbamates (subject to hydrolysis) is 1. The van der Waals surface area contributed by atoms with Gasteiger partial charge < -0.3 is 71.9 Å². The number of carbonyl (C=O) groups excluding carboxylic acids is 8. The SMILES string of the molecule is COc1cc2cc(c1Cl)N(C)C(=O)C[C@H](OC(=O)[C@H](C)N(C)C(=O)CCN(CCO[Si](C)(C)C(C)(C)C)C(=O)CN(CCO[Si](C)(C)C(C)(C)C)C(=O)CNC(=O)CCn1c(CN(C)N(C)C(=O)OCC3c4ccccc4-c4ccccc43)cc3ccccc31)[C@]1(C)OC1[C@H](C)[C@@H]1C[C@@](O)(NC(=O)O1)[C@H](OC)/C=C/C=C(\C)C2. The summed E-state index contributed by atoms with van der Waals surface area (Å²) in [5.41, 5.74) is 4.80. The third-order valence-corrected chi connectivity index (χ3v) is 33.3. The number of nitrogens with one attached hydrogen (secondary N) is 2. The highest BCUT2D eigenvalue weighted by Crippen LogP contribution is 2.50. The highest BCUT2D eigenvalue weighted by Gasteiger charge is 2.65. The number of likely N-dealkylation sites (N-methyl/N-ethyl adjacent to an activating group) is 1. The number of para-hydroxylation sites is 1. The number of hydrazine groups is 1. The molecule has 29 heteroatoms. The molecule has 26 nitrogen and oxygen atoms in total. The quantitative estimate of drug-likeness (QED) is 0.0138. The molecule has 4 aromatic carbocycles. The molecule has 0 radical (unpaired) electrons. The van der Waals surface area contributed by atoms with E-state index >= 15 is 4.79 Å². The summed E-state index contributed by atoms with van der Waals surface area (Å²) in [6.07, 6.45) is -0.811. The number of benzene rings is 4. The molecule has 2 fully saturated rings. The van der Waals surface area contributed by atoms with Gasteiger partial charge in [-0.2, -0.15) is 0 Å². The van der Waals surface area contributed by atoms with Gasteiger partial charge in [0, 0.05) is 104 Å². The maximum absolute atomic E-state index is 15.1. The third-order valence-electron chi connectivity index (χ3n) is 23.8. The van der Waals surface area contributed by atoms with E-state index in [1.54, 1.807) is 64.3 Å². The zero-order valence-electron chi connectivity index (χ0n) is 69.5. The Morgan fingerprint density at radius 3 is 2.04 bits per heavy atom. The summed E-state index contributed by atoms with van der Waals surface area (Å²) < 4.78 is 51.2. The maximum Gasteiger partial charge on any atom is 0.424 e. The van der Waals surface area contributed by atoms with Crippen LogP contribution in [0.4, 0.5) is 15.3 Å². The van der Waals surface area contributed by atoms with E-state index in [1.165, 1.54) is 52.8 Å². The Morgan fingerprint density at radius 2 is 1.42 bits per heavy atom. The summed E-state index contributed by atoms with van der Waals surface area (Å²) >= 11 is 6.95. The van der Waals surface area contributed by atoms with E-state index in [1.807, 2.05) is 72.2 Å². The maximum atomic E-state index is 15.1. The van der Waals surface area contributed by atoms with Crippen molar-refractivity contribution in [2.24, 2.45) is 5.92 Å². The number of hydrogen-bond acceptors (Lipinski definition) is 18. The number of esters is 1. The lowest BCUT2D eigenvalue weighted by Gasteiger charge is -2.42. The molecule has 0 saturated carbocycles. The van der Waals surface area contributed by atoms with Gasteiger partial charge >= 0.3 is 18.2 Å². The lowest BCUT2D eigenvalue weighted by atomic mass is 9.83. The van der Waals surface area contributed by atoms with E-state index in [-0.39, 0.29) is 92.8 Å². The van der Waals surface area contributed by atoms with Crippen LogP contribution in [0.2, 0.25) is 41.3 Å². The van der Waals surface area contributed by atoms with Crippen molar-refractivity contribution in [1.82, 2.24) is 39.9 Å². The molecule has 5 aromatic rings. The number of anilines is 1. The molecule has 616 valence electrons. The number of aliphatic hydroxyl groups is 1. The number of ether oxygens (including phenoxy) is 6. The summed E-state index contributed by atoms with van der Waals surface area (Å²) in [7, 11) is 4.53. The average molecular weight is 1620 g/mol. The molecule has 9 rings (SSSR count). The highest BCUT2D eigenvalue weighted by molar-refractivity contribution is 6.74. The van der Waals surface area contributed by atoms with Gasteiger partial charge in [0.2, 0.25) is 29.5 Å². The second-order valence-corrected chi connectivity index (χ2v) is 43.6. The molecular formula is C84H118ClN9O17Si2. The molecule has 8 atom stereocenters. The van der Waals surface area contributed by atoms with Gasteiger partial charge in [-0.25, -0.2) is 24.4 Å². The van der Waals surface area contributed by atoms with E-state index in [0.29, 0.717) is 17.9 Å². The minimum atomic E-state index is -2.39. The van der Waals surface area contributed by atoms with E-state index in [0.717, 1.165) is 50.0 Å². The second-order valence-electron chi connectivity index (χ2n) is 33.6. The summed E-state index contributed by atoms with van der Waals surface area (Å²) in [5, 5.41) is 21.4. The van der Waals surface area contributed by atoms with Gasteiger partial charge in [-0.05, 0) is 121 Å². The van der Waals surface area contributed by atoms with Crippen LogP contribution in [0.1, 0.15) is 123 Å². The summed E-state index contributed by atoms with van der Waals surface area (Å²) in [6.45, 7) is 27.7. The first kappa shape index (κ1) is 88.5. The number of aromatic nitrogens is 1. The number of fused-ring (bicyclic) bond motifs is 9. The molecule has 2 saturated heterocycles. The third kappa shape index (κ3) is 21.0. The number of amides is 7. The number of epoxide rings is 1. The monoisotopic (exact) mass is 1620 g/mol. The average Bonchev–Trinajstić information content (AvgIpc) is 1.57. The van der Waals surface area contributed by atoms with E-state index in [9.17, 15) is 38.7 Å². The molecule has 1 aromatic heterocycles. The number of carbonyl (C=O) groups is 8. The van der Waals surface area contributed by atoms with Crippen LogP contribution in [-0.2, 0) is 80.8 Å². The Morgan fingerprint density at radius 1 is 0.814 bits per heavy atom. The number of methoxy groups -OCH3 is 2. The van der Waals surface area contributed by atoms with Gasteiger partial charge in [-0.3, -0.25) is 29.3 Å². The molecule has 4 bridgehead atoms. The minimum Gasteiger partial charge on any atom is -0.495 e. The summed E-state index contributed by atoms with van der Waals surface area (Å²) in [4.78, 5) is 120. The minimum absolute atomic E-state index is 0.000606. The Labute approximate surface area is 672 Å². The molecule has 0 spiro atoms. The van der Waals surface area contributed by atoms with E-state index in [4.69, 9.17) is 48.9 Å². The van der Waals surface area contributed by atoms with Crippen molar-refractivity contribution in [3.8, 4) is 16.9 Å². The van der Waals surface area contributed by atoms with Crippen LogP contribution < -0.4 is 20.3 Å². The largest absolute Gasteiger partial charge is 0.495 e. The lowest BCUT2D eigenvalue weighted by Crippen LogP contribution is -2.63. The van der Waals surface area contributed by atoms with Crippen LogP contribution in [0.3, 0.4) is 0 Å². The second kappa shape index (κ2) is 36.6. The molecule has 1 unspecified atom stereocenters. The Kier molecular flexibility index (Phi) is 28.6. The van der Waals surface area contributed by atoms with Crippen molar-refractivity contribution in [3.05, 3.63) is 142 Å². The van der Waals surface area contributed by atoms with Gasteiger partial charge in [0.05, 0.1) is 58.2 Å². The zero-order chi connectivity index (χ0) is 83.0. The molecule has 4 heterocycles. The standard InChI is InChI=1S/C84H118ClN9O17Si2/c1-54-28-27-35-69(105-16)84(103)49-68(109-79(101)87-84)55(2)77-83(10,111-77)70(48-73(97)90(13)66-45-57(44-54)46-67(104-15)76(66)85)110-78(100)56(3)89(12)72(96)37-38-92(40-42-107-112(17,18)81(4,5)6)75(99)52-93(41-43-108-113(19,20)82(7,8)9)74(98)50-86-71(95)36-39-94-59(47-58-29-21-26-34-65(58)94)51-88(11)91(14)80(102)106-53-64-62-32-24-22-30-60(62)61-31-23-25-33-63(61)64/h21-35,45-47,55-56,64,68-70,77,103H,36-44,48-53H2,1-20H3,(H,86,95)(H,87,101)/b35-27+,54-28+/t55-,56+,68+,69-,70+,77?,83+,84+/m1/s1. The van der Waals surface area contributed by atoms with Crippen molar-refractivity contribution < 1.29 is 80.7 Å². The van der Waals surface area contributed by atoms with Gasteiger partial charge in [-0.1, -0.05) is 151 Å². The van der Waals surface area contributed by atoms with Crippen LogP contribution >= 0.6 is 11.6 Å². The highest BCUT2D eigenvalue weighted by atomic mass is 35.5. The Hall–Kier alpha value is -8.46. The smallest absolute Gasteiger partial charge is 0.424 e. The van der Waals surface area contributed by atoms with E-state index in [2.05, 4.69) is 103 Å². The number of nitrogens with zero attached hydrogens (tertiary/aromatic N) is 7. The molecular weight excluding hydrogens is 1500 g/mol. The predicted molar refractivity (Wildman–Crippen MR) is 439 cm³/mol. The van der Waals surface area contributed by atoms with Crippen LogP contribution in [0.15, 0.2) is 115 Å². The number of rotatable bonds is 28. The number of halogens is 1. The molecule has 1 aliphatic carbocycles. The Balaban J connectivity index is 0.884. The molecule has 113 heavy (non-hydrogen) atoms. The molecule has 7 amide bonds. The normalized spacial score (nSPS) is 21.8. The van der Waals surface area contributed by atoms with Crippen LogP contribution in [0, 0.1) is 5.92 Å². The Bertz CT molecular complexity index is 4320. The van der Waals surface area contributed by atoms with Crippen molar-refractivity contribution >= 4 is 92.5 Å². The molecule has 3 N–H and O–H groups in total. The molecule has 4 aliphatic rings. The predicted octanol–water partition coefficient (Wildman–Crippen LogP) is 12.0. The fourth-order valence-electron chi connectivity index (χ4n) is 14.2. The fraction of sp³-hybridized carbons (Fsp3) is 0.548. The van der Waals surface area contributed by atoms with Gasteiger partial charge in [0.25, 0.3) is 0 Å². The number of aryl methyl sites for hydroxylation is 1. The van der Waals surface area contributed by atoms with Crippen molar-refractivity contribution in [2.75, 3.05) is 99.9 Å². The van der Waals surface area contributed by atoms with Gasteiger partial charge in [-0.15, -0.1) is 0 Å². The van der Waals surface area contributed by atoms with Crippen molar-refractivity contribution in [1.29, 1.82) is 0 Å². The van der Waals surface area contributed by atoms with Crippen molar-refractivity contribution in [2.45, 2.75) is 198 Å². The molecule has 3 aliphatic heterocycles. The topological polar surface area (TPSA) is 282 Å². The van der Waals surface area contributed by atoms with Crippen molar-refractivity contribution in [3.63, 3.8) is 0 Å². The number of allylic oxidation sites excluding steroid dienone is 3. The van der Waals surface area contributed by atoms with Crippen LogP contribution in [0.25, 0.3) is 22.0 Å². The summed E-state index contributed by atoms with van der Waals surface area (Å²) in [5.74, 6) is -3.87. The summed E-state index contributed by atoms with van der Waals surface area (Å²) in [6, 6.07) is 28.4. The fourth-order valence-corrected chi connectivity index (χ4v) is 16.6. The first-order chi connectivity index (χ1) is 53.0. The first-order valence-corrected chi connectivity index (χ1v) is 45.0. The first-order valence-electron chi connectivity index (χ1n) is 38.8. The zero-order valence-corrected chi connectivity index (χ0v) is 72.3. The van der Waals surface area contributed by atoms with Crippen LogP contribution in [-0.4, -0.2) is 235 Å². The van der Waals surface area contributed by atoms with E-state index < -0.39 is 132 Å². The van der Waals surface area contributed by atoms with Gasteiger partial charge in [0.1, 0.15) is 47.3 Å². The number of hydrogen-bond donors (Lipinski definition) is 3. The lowest BCUT2D eigenvalue weighted by molar-refractivity contribution is -0.162. The van der Waals surface area contributed by atoms with Crippen LogP contribution in [0.5, 0.6) is 5.75 Å². The van der Waals surface area contributed by atoms with Gasteiger partial charge in [0.15, 0.2) is 22.4 Å².